The smallest absolute Gasteiger partial charge is 0.367 e. The van der Waals surface area contributed by atoms with Crippen molar-refractivity contribution in [3.8, 4) is 0 Å². The van der Waals surface area contributed by atoms with Gasteiger partial charge in [-0.1, -0.05) is 121 Å². The van der Waals surface area contributed by atoms with E-state index in [1.165, 1.54) is 0 Å². The molecule has 200 valence electrons. The van der Waals surface area contributed by atoms with Crippen LogP contribution in [0.4, 0.5) is 24.5 Å². The molecule has 0 aliphatic rings. The van der Waals surface area contributed by atoms with E-state index in [1.54, 1.807) is 12.1 Å². The zero-order valence-corrected chi connectivity index (χ0v) is 22.3. The van der Waals surface area contributed by atoms with Crippen LogP contribution in [0.25, 0.3) is 0 Å². The summed E-state index contributed by atoms with van der Waals surface area (Å²) in [5.74, 6) is 0. The lowest BCUT2D eigenvalue weighted by molar-refractivity contribution is -0.137. The van der Waals surface area contributed by atoms with Crippen molar-refractivity contribution in [2.45, 2.75) is 18.3 Å². The van der Waals surface area contributed by atoms with Crippen LogP contribution >= 0.6 is 12.2 Å². The van der Waals surface area contributed by atoms with Gasteiger partial charge in [0.1, 0.15) is 4.99 Å². The van der Waals surface area contributed by atoms with Crippen LogP contribution in [0.3, 0.4) is 0 Å². The molecule has 6 heteroatoms. The van der Waals surface area contributed by atoms with Gasteiger partial charge in [0.05, 0.1) is 17.6 Å². The molecule has 1 N–H and O–H groups in total. The first-order chi connectivity index (χ1) is 19.4. The van der Waals surface area contributed by atoms with Gasteiger partial charge in [-0.2, -0.15) is 13.2 Å². The Morgan fingerprint density at radius 3 is 1.50 bits per heavy atom. The molecule has 40 heavy (non-hydrogen) atoms. The molecule has 2 unspecified atom stereocenters. The number of nitrogens with one attached hydrogen (secondary N) is 1. The van der Waals surface area contributed by atoms with Crippen LogP contribution in [-0.4, -0.2) is 4.99 Å². The zero-order chi connectivity index (χ0) is 28.0. The number of nitrogens with zero attached hydrogens (tertiary/aromatic N) is 1. The highest BCUT2D eigenvalue weighted by Gasteiger charge is 2.35. The maximum absolute atomic E-state index is 13.6. The maximum atomic E-state index is 13.6. The normalized spacial score (nSPS) is 12.8. The molecule has 0 aliphatic carbocycles. The van der Waals surface area contributed by atoms with E-state index in [0.29, 0.717) is 10.6 Å². The largest absolute Gasteiger partial charge is 0.416 e. The summed E-state index contributed by atoms with van der Waals surface area (Å²) in [4.78, 5) is 2.70. The number of para-hydroxylation sites is 2. The average molecular weight is 553 g/mol. The SMILES string of the molecule is FC(F)(F)c1ccc(C(C(NC(=S)c2ccccc2)c2ccccc2)N(c2ccccc2)c2ccccc2)cc1. The fourth-order valence-corrected chi connectivity index (χ4v) is 5.09. The molecule has 0 spiro atoms. The van der Waals surface area contributed by atoms with Gasteiger partial charge >= 0.3 is 6.18 Å². The molecular weight excluding hydrogens is 525 g/mol. The third kappa shape index (κ3) is 6.24. The lowest BCUT2D eigenvalue weighted by Gasteiger charge is -2.40. The van der Waals surface area contributed by atoms with Gasteiger partial charge in [0, 0.05) is 16.9 Å². The third-order valence-corrected chi connectivity index (χ3v) is 7.08. The Morgan fingerprint density at radius 2 is 1.02 bits per heavy atom. The van der Waals surface area contributed by atoms with Crippen LogP contribution in [0, 0.1) is 0 Å². The first-order valence-electron chi connectivity index (χ1n) is 12.9. The van der Waals surface area contributed by atoms with Crippen LogP contribution in [0.1, 0.15) is 34.3 Å². The number of thiocarbonyl (C=S) groups is 1. The molecular formula is C34H27F3N2S. The topological polar surface area (TPSA) is 15.3 Å². The van der Waals surface area contributed by atoms with Crippen LogP contribution in [-0.2, 0) is 6.18 Å². The highest BCUT2D eigenvalue weighted by molar-refractivity contribution is 7.80. The second kappa shape index (κ2) is 12.2. The summed E-state index contributed by atoms with van der Waals surface area (Å²) in [6.45, 7) is 0. The van der Waals surface area contributed by atoms with Crippen molar-refractivity contribution in [1.29, 1.82) is 0 Å². The number of alkyl halides is 3. The predicted octanol–water partition coefficient (Wildman–Crippen LogP) is 9.29. The van der Waals surface area contributed by atoms with Crippen LogP contribution in [0.15, 0.2) is 146 Å². The molecule has 0 radical (unpaired) electrons. The molecule has 5 aromatic rings. The van der Waals surface area contributed by atoms with Gasteiger partial charge in [0.2, 0.25) is 0 Å². The van der Waals surface area contributed by atoms with Crippen LogP contribution in [0.2, 0.25) is 0 Å². The Bertz CT molecular complexity index is 1470. The van der Waals surface area contributed by atoms with Gasteiger partial charge in [0.15, 0.2) is 0 Å². The molecule has 5 aromatic carbocycles. The van der Waals surface area contributed by atoms with E-state index in [4.69, 9.17) is 12.2 Å². The quantitative estimate of drug-likeness (QED) is 0.193. The molecule has 5 rings (SSSR count). The fourth-order valence-electron chi connectivity index (χ4n) is 4.83. The van der Waals surface area contributed by atoms with Gasteiger partial charge in [-0.05, 0) is 47.5 Å². The highest BCUT2D eigenvalue weighted by Crippen LogP contribution is 2.43. The van der Waals surface area contributed by atoms with E-state index in [0.717, 1.165) is 34.6 Å². The van der Waals surface area contributed by atoms with Crippen molar-refractivity contribution in [3.63, 3.8) is 0 Å². The van der Waals surface area contributed by atoms with E-state index in [2.05, 4.69) is 10.2 Å². The second-order valence-electron chi connectivity index (χ2n) is 9.33. The number of rotatable bonds is 8. The summed E-state index contributed by atoms with van der Waals surface area (Å²) < 4.78 is 40.7. The van der Waals surface area contributed by atoms with E-state index in [-0.39, 0.29) is 0 Å². The molecule has 0 amide bonds. The monoisotopic (exact) mass is 552 g/mol. The van der Waals surface area contributed by atoms with Crippen molar-refractivity contribution in [2.24, 2.45) is 0 Å². The zero-order valence-electron chi connectivity index (χ0n) is 21.5. The molecule has 0 heterocycles. The molecule has 0 bridgehead atoms. The van der Waals surface area contributed by atoms with Gasteiger partial charge in [-0.15, -0.1) is 0 Å². The van der Waals surface area contributed by atoms with Crippen molar-refractivity contribution in [3.05, 3.63) is 168 Å². The molecule has 0 fully saturated rings. The average Bonchev–Trinajstić information content (AvgIpc) is 3.00. The van der Waals surface area contributed by atoms with Crippen molar-refractivity contribution in [1.82, 2.24) is 5.32 Å². The summed E-state index contributed by atoms with van der Waals surface area (Å²) in [6, 6.07) is 43.8. The van der Waals surface area contributed by atoms with Crippen molar-refractivity contribution in [2.75, 3.05) is 4.90 Å². The Hall–Kier alpha value is -4.42. The highest BCUT2D eigenvalue weighted by atomic mass is 32.1. The molecule has 0 saturated heterocycles. The van der Waals surface area contributed by atoms with E-state index in [9.17, 15) is 13.2 Å². The summed E-state index contributed by atoms with van der Waals surface area (Å²) >= 11 is 5.88. The van der Waals surface area contributed by atoms with Gasteiger partial charge in [-0.25, -0.2) is 0 Å². The van der Waals surface area contributed by atoms with Crippen LogP contribution < -0.4 is 10.2 Å². The molecule has 0 aliphatic heterocycles. The summed E-state index contributed by atoms with van der Waals surface area (Å²) in [5, 5.41) is 3.58. The first-order valence-corrected chi connectivity index (χ1v) is 13.3. The van der Waals surface area contributed by atoms with Gasteiger partial charge in [0.25, 0.3) is 0 Å². The van der Waals surface area contributed by atoms with Crippen molar-refractivity contribution < 1.29 is 13.2 Å². The first kappa shape index (κ1) is 27.2. The Labute approximate surface area is 237 Å². The molecule has 2 nitrogen and oxygen atoms in total. The standard InChI is InChI=1S/C34H27F3N2S/c35-34(36,37)28-23-21-26(22-24-28)32(39(29-17-9-3-10-18-29)30-19-11-4-12-20-30)31(25-13-5-1-6-14-25)38-33(40)27-15-7-2-8-16-27/h1-24,31-32H,(H,38,40). The lowest BCUT2D eigenvalue weighted by Crippen LogP contribution is -2.39. The minimum Gasteiger partial charge on any atom is -0.367 e. The number of halogens is 3. The van der Waals surface area contributed by atoms with Gasteiger partial charge < -0.3 is 10.2 Å². The molecule has 0 saturated carbocycles. The third-order valence-electron chi connectivity index (χ3n) is 6.72. The predicted molar refractivity (Wildman–Crippen MR) is 160 cm³/mol. The number of benzene rings is 5. The van der Waals surface area contributed by atoms with Crippen molar-refractivity contribution >= 4 is 28.6 Å². The van der Waals surface area contributed by atoms with Crippen LogP contribution in [0.5, 0.6) is 0 Å². The molecule has 2 atom stereocenters. The fraction of sp³-hybridized carbons (Fsp3) is 0.0882. The summed E-state index contributed by atoms with van der Waals surface area (Å²) in [5.41, 5.74) is 3.61. The Kier molecular flexibility index (Phi) is 8.27. The minimum atomic E-state index is -4.43. The number of anilines is 2. The minimum absolute atomic E-state index is 0.425. The van der Waals surface area contributed by atoms with E-state index < -0.39 is 23.8 Å². The summed E-state index contributed by atoms with van der Waals surface area (Å²) in [7, 11) is 0. The molecule has 0 aromatic heterocycles. The second-order valence-corrected chi connectivity index (χ2v) is 9.74. The van der Waals surface area contributed by atoms with E-state index in [1.807, 2.05) is 121 Å². The number of hydrogen-bond donors (Lipinski definition) is 1. The summed E-state index contributed by atoms with van der Waals surface area (Å²) in [6.07, 6.45) is -4.43. The maximum Gasteiger partial charge on any atom is 0.416 e. The Balaban J connectivity index is 1.72. The van der Waals surface area contributed by atoms with E-state index >= 15 is 0 Å². The Morgan fingerprint density at radius 1 is 0.575 bits per heavy atom. The number of hydrogen-bond acceptors (Lipinski definition) is 2. The van der Waals surface area contributed by atoms with Gasteiger partial charge in [-0.3, -0.25) is 0 Å². The lowest BCUT2D eigenvalue weighted by atomic mass is 9.90.